The lowest BCUT2D eigenvalue weighted by atomic mass is 10.2. The van der Waals surface area contributed by atoms with Crippen LogP contribution in [0.4, 0.5) is 5.82 Å². The van der Waals surface area contributed by atoms with Gasteiger partial charge < -0.3 is 10.5 Å². The van der Waals surface area contributed by atoms with Crippen LogP contribution in [-0.2, 0) is 0 Å². The number of hydrogen-bond donors (Lipinski definition) is 1. The topological polar surface area (TPSA) is 73.9 Å². The molecule has 0 fully saturated rings. The van der Waals surface area contributed by atoms with Crippen LogP contribution >= 0.6 is 0 Å². The van der Waals surface area contributed by atoms with Gasteiger partial charge in [-0.15, -0.1) is 0 Å². The van der Waals surface area contributed by atoms with Gasteiger partial charge in [-0.1, -0.05) is 0 Å². The van der Waals surface area contributed by atoms with Crippen molar-refractivity contribution < 1.29 is 4.74 Å². The number of nitrogens with zero attached hydrogens (tertiary/aromatic N) is 3. The Morgan fingerprint density at radius 3 is 2.80 bits per heavy atom. The summed E-state index contributed by atoms with van der Waals surface area (Å²) in [7, 11) is 1.57. The van der Waals surface area contributed by atoms with Crippen LogP contribution in [0, 0.1) is 0 Å². The second-order valence-corrected chi connectivity index (χ2v) is 2.91. The number of aromatic nitrogens is 3. The molecule has 0 unspecified atom stereocenters. The Labute approximate surface area is 87.0 Å². The van der Waals surface area contributed by atoms with E-state index in [4.69, 9.17) is 10.5 Å². The Morgan fingerprint density at radius 1 is 1.20 bits per heavy atom. The second-order valence-electron chi connectivity index (χ2n) is 2.91. The zero-order valence-corrected chi connectivity index (χ0v) is 8.21. The van der Waals surface area contributed by atoms with E-state index in [9.17, 15) is 0 Å². The highest BCUT2D eigenvalue weighted by Crippen LogP contribution is 2.20. The zero-order valence-electron chi connectivity index (χ0n) is 8.21. The van der Waals surface area contributed by atoms with E-state index in [0.29, 0.717) is 11.7 Å². The van der Waals surface area contributed by atoms with Crippen LogP contribution in [-0.4, -0.2) is 22.1 Å². The number of rotatable bonds is 2. The first-order valence-electron chi connectivity index (χ1n) is 4.37. The first-order valence-corrected chi connectivity index (χ1v) is 4.37. The quantitative estimate of drug-likeness (QED) is 0.790. The maximum absolute atomic E-state index is 5.57. The van der Waals surface area contributed by atoms with Gasteiger partial charge in [0.2, 0.25) is 5.88 Å². The number of nitrogens with two attached hydrogens (primary N) is 1. The predicted molar refractivity (Wildman–Crippen MR) is 56.2 cm³/mol. The lowest BCUT2D eigenvalue weighted by Gasteiger charge is -2.02. The molecule has 0 aliphatic carbocycles. The summed E-state index contributed by atoms with van der Waals surface area (Å²) in [5.74, 6) is 0.987. The van der Waals surface area contributed by atoms with Crippen molar-refractivity contribution in [3.05, 3.63) is 30.7 Å². The van der Waals surface area contributed by atoms with Gasteiger partial charge >= 0.3 is 0 Å². The highest BCUT2D eigenvalue weighted by atomic mass is 16.5. The van der Waals surface area contributed by atoms with Gasteiger partial charge in [0, 0.05) is 23.9 Å². The molecule has 0 aliphatic heterocycles. The molecule has 0 saturated heterocycles. The summed E-state index contributed by atoms with van der Waals surface area (Å²) >= 11 is 0. The van der Waals surface area contributed by atoms with Crippen molar-refractivity contribution in [2.24, 2.45) is 0 Å². The first kappa shape index (κ1) is 9.39. The summed E-state index contributed by atoms with van der Waals surface area (Å²) in [4.78, 5) is 11.9. The Morgan fingerprint density at radius 2 is 2.07 bits per heavy atom. The summed E-state index contributed by atoms with van der Waals surface area (Å²) in [6.45, 7) is 0. The monoisotopic (exact) mass is 202 g/mol. The molecule has 5 nitrogen and oxygen atoms in total. The standard InChI is InChI=1S/C10H10N4O/c1-15-10-4-7(2-3-12-10)8-5-9(11)14-6-13-8/h2-6H,1H3,(H2,11,13,14). The lowest BCUT2D eigenvalue weighted by molar-refractivity contribution is 0.398. The maximum Gasteiger partial charge on any atom is 0.213 e. The number of ether oxygens (including phenoxy) is 1. The normalized spacial score (nSPS) is 9.93. The number of methoxy groups -OCH3 is 1. The van der Waals surface area contributed by atoms with Gasteiger partial charge in [0.25, 0.3) is 0 Å². The van der Waals surface area contributed by atoms with Crippen molar-refractivity contribution in [3.8, 4) is 17.1 Å². The minimum atomic E-state index is 0.441. The van der Waals surface area contributed by atoms with E-state index < -0.39 is 0 Å². The molecule has 2 heterocycles. The summed E-state index contributed by atoms with van der Waals surface area (Å²) in [6, 6.07) is 5.33. The third-order valence-corrected chi connectivity index (χ3v) is 1.93. The zero-order chi connectivity index (χ0) is 10.7. The Kier molecular flexibility index (Phi) is 2.45. The van der Waals surface area contributed by atoms with Gasteiger partial charge in [0.15, 0.2) is 0 Å². The molecule has 0 aliphatic rings. The van der Waals surface area contributed by atoms with Crippen LogP contribution in [0.25, 0.3) is 11.3 Å². The lowest BCUT2D eigenvalue weighted by Crippen LogP contribution is -1.93. The fraction of sp³-hybridized carbons (Fsp3) is 0.100. The van der Waals surface area contributed by atoms with Crippen LogP contribution in [0.15, 0.2) is 30.7 Å². The largest absolute Gasteiger partial charge is 0.481 e. The highest BCUT2D eigenvalue weighted by Gasteiger charge is 2.02. The van der Waals surface area contributed by atoms with Crippen molar-refractivity contribution >= 4 is 5.82 Å². The van der Waals surface area contributed by atoms with E-state index in [1.807, 2.05) is 6.07 Å². The van der Waals surface area contributed by atoms with Gasteiger partial charge in [0.05, 0.1) is 12.8 Å². The molecule has 0 atom stereocenters. The molecule has 0 saturated carbocycles. The van der Waals surface area contributed by atoms with E-state index in [1.165, 1.54) is 6.33 Å². The Bertz CT molecular complexity index is 472. The van der Waals surface area contributed by atoms with Crippen molar-refractivity contribution in [1.82, 2.24) is 15.0 Å². The highest BCUT2D eigenvalue weighted by molar-refractivity contribution is 5.61. The molecule has 2 rings (SSSR count). The van der Waals surface area contributed by atoms with E-state index in [2.05, 4.69) is 15.0 Å². The van der Waals surface area contributed by atoms with Crippen LogP contribution < -0.4 is 10.5 Å². The summed E-state index contributed by atoms with van der Waals surface area (Å²) in [6.07, 6.45) is 3.09. The van der Waals surface area contributed by atoms with E-state index >= 15 is 0 Å². The molecular formula is C10H10N4O. The van der Waals surface area contributed by atoms with Gasteiger partial charge in [-0.25, -0.2) is 15.0 Å². The summed E-state index contributed by atoms with van der Waals surface area (Å²) < 4.78 is 5.02. The Hall–Kier alpha value is -2.17. The third kappa shape index (κ3) is 2.01. The fourth-order valence-electron chi connectivity index (χ4n) is 1.21. The van der Waals surface area contributed by atoms with Crippen molar-refractivity contribution in [2.75, 3.05) is 12.8 Å². The first-order chi connectivity index (χ1) is 7.29. The molecule has 0 radical (unpaired) electrons. The molecule has 0 amide bonds. The minimum absolute atomic E-state index is 0.441. The molecule has 76 valence electrons. The second kappa shape index (κ2) is 3.91. The molecule has 2 aromatic rings. The molecule has 15 heavy (non-hydrogen) atoms. The summed E-state index contributed by atoms with van der Waals surface area (Å²) in [5, 5.41) is 0. The predicted octanol–water partition coefficient (Wildman–Crippen LogP) is 1.13. The van der Waals surface area contributed by atoms with Crippen LogP contribution in [0.1, 0.15) is 0 Å². The molecule has 2 N–H and O–H groups in total. The van der Waals surface area contributed by atoms with E-state index in [-0.39, 0.29) is 0 Å². The third-order valence-electron chi connectivity index (χ3n) is 1.93. The molecule has 2 aromatic heterocycles. The average Bonchev–Trinajstić information content (AvgIpc) is 2.29. The summed E-state index contributed by atoms with van der Waals surface area (Å²) in [5.41, 5.74) is 7.22. The number of nitrogen functional groups attached to an aromatic ring is 1. The van der Waals surface area contributed by atoms with Crippen LogP contribution in [0.3, 0.4) is 0 Å². The minimum Gasteiger partial charge on any atom is -0.481 e. The molecule has 0 aromatic carbocycles. The molecule has 0 spiro atoms. The fourth-order valence-corrected chi connectivity index (χ4v) is 1.21. The molecule has 5 heteroatoms. The van der Waals surface area contributed by atoms with Gasteiger partial charge in [0.1, 0.15) is 12.1 Å². The van der Waals surface area contributed by atoms with Gasteiger partial charge in [-0.2, -0.15) is 0 Å². The van der Waals surface area contributed by atoms with Gasteiger partial charge in [-0.05, 0) is 6.07 Å². The van der Waals surface area contributed by atoms with Crippen molar-refractivity contribution in [3.63, 3.8) is 0 Å². The number of anilines is 1. The van der Waals surface area contributed by atoms with E-state index in [1.54, 1.807) is 25.4 Å². The number of pyridine rings is 1. The van der Waals surface area contributed by atoms with E-state index in [0.717, 1.165) is 11.3 Å². The van der Waals surface area contributed by atoms with Gasteiger partial charge in [-0.3, -0.25) is 0 Å². The van der Waals surface area contributed by atoms with Crippen LogP contribution in [0.2, 0.25) is 0 Å². The van der Waals surface area contributed by atoms with Crippen LogP contribution in [0.5, 0.6) is 5.88 Å². The smallest absolute Gasteiger partial charge is 0.213 e. The SMILES string of the molecule is COc1cc(-c2cc(N)ncn2)ccn1. The van der Waals surface area contributed by atoms with Crippen molar-refractivity contribution in [2.45, 2.75) is 0 Å². The number of hydrogen-bond acceptors (Lipinski definition) is 5. The average molecular weight is 202 g/mol. The maximum atomic E-state index is 5.57. The van der Waals surface area contributed by atoms with Crippen molar-refractivity contribution in [1.29, 1.82) is 0 Å². The Balaban J connectivity index is 2.44. The molecular weight excluding hydrogens is 192 g/mol. The molecule has 0 bridgehead atoms.